The lowest BCUT2D eigenvalue weighted by molar-refractivity contribution is -0.143. The Morgan fingerprint density at radius 3 is 2.39 bits per heavy atom. The molecule has 0 bridgehead atoms. The second-order valence-corrected chi connectivity index (χ2v) is 7.57. The van der Waals surface area contributed by atoms with Gasteiger partial charge in [-0.3, -0.25) is 19.0 Å². The molecule has 7 nitrogen and oxygen atoms in total. The summed E-state index contributed by atoms with van der Waals surface area (Å²) in [6.45, 7) is -0.764. The van der Waals surface area contributed by atoms with E-state index in [2.05, 4.69) is 9.97 Å². The number of esters is 1. The van der Waals surface area contributed by atoms with Crippen LogP contribution in [0.15, 0.2) is 90.0 Å². The molecule has 162 valence electrons. The number of aromatic amines is 1. The molecule has 33 heavy (non-hydrogen) atoms. The van der Waals surface area contributed by atoms with Crippen LogP contribution in [0.5, 0.6) is 0 Å². The van der Waals surface area contributed by atoms with Crippen molar-refractivity contribution in [3.8, 4) is 11.3 Å². The van der Waals surface area contributed by atoms with E-state index in [0.29, 0.717) is 22.2 Å². The molecular weight excluding hydrogens is 418 g/mol. The molecule has 7 heteroatoms. The Labute approximate surface area is 188 Å². The Hall–Kier alpha value is -4.52. The third-order valence-corrected chi connectivity index (χ3v) is 5.44. The van der Waals surface area contributed by atoms with Gasteiger partial charge in [0.25, 0.3) is 5.56 Å². The highest BCUT2D eigenvalue weighted by atomic mass is 16.5. The second-order valence-electron chi connectivity index (χ2n) is 7.57. The first-order chi connectivity index (χ1) is 16.1. The Bertz CT molecular complexity index is 1550. The number of nitrogens with one attached hydrogen (secondary N) is 1. The van der Waals surface area contributed by atoms with Gasteiger partial charge in [0, 0.05) is 10.9 Å². The van der Waals surface area contributed by atoms with E-state index < -0.39 is 12.6 Å². The number of hydrogen-bond acceptors (Lipinski definition) is 5. The number of Topliss-reactive ketones (excluding diaryl/α,β-unsaturated/α-hetero) is 1. The van der Waals surface area contributed by atoms with Crippen LogP contribution in [-0.4, -0.2) is 32.9 Å². The topological polar surface area (TPSA) is 94.0 Å². The summed E-state index contributed by atoms with van der Waals surface area (Å²) in [5.74, 6) is -1.02. The number of ether oxygens (including phenoxy) is 1. The molecule has 0 radical (unpaired) electrons. The molecule has 0 atom stereocenters. The highest BCUT2D eigenvalue weighted by Gasteiger charge is 2.21. The summed E-state index contributed by atoms with van der Waals surface area (Å²) in [5, 5.41) is 1.17. The lowest BCUT2D eigenvalue weighted by Gasteiger charge is -2.08. The van der Waals surface area contributed by atoms with Gasteiger partial charge in [0.2, 0.25) is 5.78 Å². The fraction of sp³-hybridized carbons (Fsp3) is 0.0769. The molecule has 0 aliphatic rings. The van der Waals surface area contributed by atoms with Gasteiger partial charge in [0.15, 0.2) is 6.61 Å². The van der Waals surface area contributed by atoms with E-state index in [0.717, 1.165) is 16.5 Å². The highest BCUT2D eigenvalue weighted by Crippen LogP contribution is 2.30. The number of aromatic nitrogens is 3. The molecule has 5 rings (SSSR count). The average molecular weight is 437 g/mol. The molecule has 0 amide bonds. The smallest absolute Gasteiger partial charge is 0.326 e. The molecule has 0 aliphatic heterocycles. The summed E-state index contributed by atoms with van der Waals surface area (Å²) in [6, 6.07) is 23.9. The van der Waals surface area contributed by atoms with Crippen molar-refractivity contribution in [1.29, 1.82) is 0 Å². The van der Waals surface area contributed by atoms with Crippen molar-refractivity contribution in [2.45, 2.75) is 6.54 Å². The molecule has 5 aromatic rings. The van der Waals surface area contributed by atoms with Gasteiger partial charge < -0.3 is 9.72 Å². The summed E-state index contributed by atoms with van der Waals surface area (Å²) in [6.07, 6.45) is 1.31. The maximum absolute atomic E-state index is 13.1. The van der Waals surface area contributed by atoms with E-state index in [4.69, 9.17) is 4.74 Å². The van der Waals surface area contributed by atoms with Crippen molar-refractivity contribution in [3.63, 3.8) is 0 Å². The van der Waals surface area contributed by atoms with Gasteiger partial charge in [0.05, 0.1) is 28.5 Å². The summed E-state index contributed by atoms with van der Waals surface area (Å²) in [5.41, 5.74) is 3.03. The largest absolute Gasteiger partial charge is 0.456 e. The van der Waals surface area contributed by atoms with E-state index >= 15 is 0 Å². The second kappa shape index (κ2) is 8.55. The lowest BCUT2D eigenvalue weighted by atomic mass is 10.0. The van der Waals surface area contributed by atoms with Gasteiger partial charge in [-0.25, -0.2) is 4.98 Å². The van der Waals surface area contributed by atoms with Gasteiger partial charge >= 0.3 is 5.97 Å². The Morgan fingerprint density at radius 2 is 1.58 bits per heavy atom. The number of para-hydroxylation sites is 2. The molecule has 0 spiro atoms. The van der Waals surface area contributed by atoms with E-state index in [1.807, 2.05) is 54.6 Å². The quantitative estimate of drug-likeness (QED) is 0.320. The number of benzene rings is 3. The SMILES string of the molecule is O=C(Cn1cnc2ccccc2c1=O)OCC(=O)c1c(-c2ccccc2)[nH]c2ccccc12. The first-order valence-corrected chi connectivity index (χ1v) is 10.4. The Kier molecular flexibility index (Phi) is 5.28. The van der Waals surface area contributed by atoms with Crippen molar-refractivity contribution < 1.29 is 14.3 Å². The van der Waals surface area contributed by atoms with E-state index in [1.54, 1.807) is 24.3 Å². The van der Waals surface area contributed by atoms with Gasteiger partial charge in [-0.1, -0.05) is 60.7 Å². The predicted octanol–water partition coefficient (Wildman–Crippen LogP) is 3.97. The van der Waals surface area contributed by atoms with Gasteiger partial charge in [-0.2, -0.15) is 0 Å². The standard InChI is InChI=1S/C26H19N3O4/c30-22(15-33-23(31)14-29-16-27-20-12-6-5-11-19(20)26(29)32)24-18-10-4-7-13-21(18)28-25(24)17-8-2-1-3-9-17/h1-13,16,28H,14-15H2. The third-order valence-electron chi connectivity index (χ3n) is 5.44. The summed E-state index contributed by atoms with van der Waals surface area (Å²) in [7, 11) is 0. The van der Waals surface area contributed by atoms with Crippen LogP contribution in [0.1, 0.15) is 10.4 Å². The predicted molar refractivity (Wildman–Crippen MR) is 125 cm³/mol. The Morgan fingerprint density at radius 1 is 0.879 bits per heavy atom. The van der Waals surface area contributed by atoms with E-state index in [-0.39, 0.29) is 17.9 Å². The summed E-state index contributed by atoms with van der Waals surface area (Å²) < 4.78 is 6.43. The number of ketones is 1. The number of nitrogens with zero attached hydrogens (tertiary/aromatic N) is 2. The molecule has 0 aliphatic carbocycles. The van der Waals surface area contributed by atoms with Crippen molar-refractivity contribution >= 4 is 33.6 Å². The number of H-pyrrole nitrogens is 1. The third kappa shape index (κ3) is 3.92. The average Bonchev–Trinajstić information content (AvgIpc) is 3.25. The van der Waals surface area contributed by atoms with Crippen LogP contribution in [0, 0.1) is 0 Å². The number of carbonyl (C=O) groups is 2. The van der Waals surface area contributed by atoms with Gasteiger partial charge in [-0.15, -0.1) is 0 Å². The van der Waals surface area contributed by atoms with Gasteiger partial charge in [-0.05, 0) is 23.8 Å². The fourth-order valence-corrected chi connectivity index (χ4v) is 3.87. The minimum absolute atomic E-state index is 0.330. The summed E-state index contributed by atoms with van der Waals surface area (Å²) >= 11 is 0. The fourth-order valence-electron chi connectivity index (χ4n) is 3.87. The normalized spacial score (nSPS) is 11.0. The monoisotopic (exact) mass is 437 g/mol. The first kappa shape index (κ1) is 20.4. The molecule has 2 aromatic heterocycles. The molecule has 3 aromatic carbocycles. The number of carbonyl (C=O) groups excluding carboxylic acids is 2. The number of rotatable bonds is 6. The zero-order chi connectivity index (χ0) is 22.8. The molecular formula is C26H19N3O4. The molecule has 0 saturated heterocycles. The Balaban J connectivity index is 1.37. The van der Waals surface area contributed by atoms with Crippen molar-refractivity contribution in [1.82, 2.24) is 14.5 Å². The van der Waals surface area contributed by atoms with E-state index in [1.165, 1.54) is 10.9 Å². The van der Waals surface area contributed by atoms with Crippen LogP contribution in [0.4, 0.5) is 0 Å². The number of fused-ring (bicyclic) bond motifs is 2. The van der Waals surface area contributed by atoms with Crippen molar-refractivity contribution in [2.24, 2.45) is 0 Å². The van der Waals surface area contributed by atoms with Gasteiger partial charge in [0.1, 0.15) is 6.54 Å². The van der Waals surface area contributed by atoms with Crippen LogP contribution in [0.25, 0.3) is 33.1 Å². The molecule has 0 fully saturated rings. The molecule has 1 N–H and O–H groups in total. The van der Waals surface area contributed by atoms with Crippen molar-refractivity contribution in [3.05, 3.63) is 101 Å². The number of hydrogen-bond donors (Lipinski definition) is 1. The maximum Gasteiger partial charge on any atom is 0.326 e. The zero-order valence-electron chi connectivity index (χ0n) is 17.5. The highest BCUT2D eigenvalue weighted by molar-refractivity contribution is 6.14. The minimum atomic E-state index is -0.691. The minimum Gasteiger partial charge on any atom is -0.456 e. The van der Waals surface area contributed by atoms with Crippen LogP contribution in [0.2, 0.25) is 0 Å². The summed E-state index contributed by atoms with van der Waals surface area (Å²) in [4.78, 5) is 45.6. The van der Waals surface area contributed by atoms with E-state index in [9.17, 15) is 14.4 Å². The molecule has 0 unspecified atom stereocenters. The van der Waals surface area contributed by atoms with Crippen LogP contribution in [0.3, 0.4) is 0 Å². The van der Waals surface area contributed by atoms with Crippen LogP contribution < -0.4 is 5.56 Å². The molecule has 0 saturated carbocycles. The van der Waals surface area contributed by atoms with Crippen LogP contribution >= 0.6 is 0 Å². The zero-order valence-corrected chi connectivity index (χ0v) is 17.5. The lowest BCUT2D eigenvalue weighted by Crippen LogP contribution is -2.26. The van der Waals surface area contributed by atoms with Crippen LogP contribution in [-0.2, 0) is 16.1 Å². The van der Waals surface area contributed by atoms with Crippen molar-refractivity contribution in [2.75, 3.05) is 6.61 Å². The maximum atomic E-state index is 13.1. The molecule has 2 heterocycles. The first-order valence-electron chi connectivity index (χ1n) is 10.4.